The van der Waals surface area contributed by atoms with Crippen molar-refractivity contribution in [2.45, 2.75) is 13.3 Å². The molecule has 3 rings (SSSR count). The Balaban J connectivity index is 1.97. The minimum absolute atomic E-state index is 0.545. The van der Waals surface area contributed by atoms with Gasteiger partial charge >= 0.3 is 0 Å². The molecule has 0 unspecified atom stereocenters. The van der Waals surface area contributed by atoms with E-state index in [0.717, 1.165) is 16.0 Å². The van der Waals surface area contributed by atoms with Crippen LogP contribution in [0.25, 0.3) is 10.2 Å². The summed E-state index contributed by atoms with van der Waals surface area (Å²) >= 11 is 7.74. The second-order valence-corrected chi connectivity index (χ2v) is 5.49. The first-order valence-corrected chi connectivity index (χ1v) is 6.93. The van der Waals surface area contributed by atoms with Gasteiger partial charge in [0.1, 0.15) is 15.8 Å². The Morgan fingerprint density at radius 2 is 1.89 bits per heavy atom. The number of halogens is 1. The molecule has 90 valence electrons. The number of rotatable bonds is 2. The Morgan fingerprint density at radius 3 is 2.67 bits per heavy atom. The number of fused-ring (bicyclic) bond motifs is 1. The zero-order valence-corrected chi connectivity index (χ0v) is 11.4. The van der Waals surface area contributed by atoms with Crippen molar-refractivity contribution in [2.24, 2.45) is 0 Å². The standard InChI is InChI=1S/C14H11ClN2S/c1-9-2-4-10(5-3-9)8-12-16-13(15)11-6-7-18-14(11)17-12/h2-7H,8H2,1H3. The van der Waals surface area contributed by atoms with Crippen molar-refractivity contribution in [2.75, 3.05) is 0 Å². The first-order valence-electron chi connectivity index (χ1n) is 5.67. The van der Waals surface area contributed by atoms with Gasteiger partial charge in [-0.15, -0.1) is 11.3 Å². The molecule has 0 saturated heterocycles. The third-order valence-corrected chi connectivity index (χ3v) is 3.90. The molecule has 0 spiro atoms. The number of hydrogen-bond acceptors (Lipinski definition) is 3. The molecular weight excluding hydrogens is 264 g/mol. The van der Waals surface area contributed by atoms with Crippen LogP contribution < -0.4 is 0 Å². The van der Waals surface area contributed by atoms with Crippen molar-refractivity contribution in [3.05, 3.63) is 57.8 Å². The highest BCUT2D eigenvalue weighted by molar-refractivity contribution is 7.16. The second-order valence-electron chi connectivity index (χ2n) is 4.23. The average Bonchev–Trinajstić information content (AvgIpc) is 2.81. The van der Waals surface area contributed by atoms with Crippen molar-refractivity contribution < 1.29 is 0 Å². The van der Waals surface area contributed by atoms with Gasteiger partial charge in [0, 0.05) is 11.8 Å². The highest BCUT2D eigenvalue weighted by Gasteiger charge is 2.07. The molecule has 4 heteroatoms. The van der Waals surface area contributed by atoms with Crippen LogP contribution in [0.15, 0.2) is 35.7 Å². The molecule has 18 heavy (non-hydrogen) atoms. The van der Waals surface area contributed by atoms with Crippen LogP contribution in [0.2, 0.25) is 5.15 Å². The van der Waals surface area contributed by atoms with Gasteiger partial charge in [-0.1, -0.05) is 41.4 Å². The van der Waals surface area contributed by atoms with E-state index >= 15 is 0 Å². The van der Waals surface area contributed by atoms with Crippen molar-refractivity contribution in [1.82, 2.24) is 9.97 Å². The summed E-state index contributed by atoms with van der Waals surface area (Å²) in [6, 6.07) is 10.4. The van der Waals surface area contributed by atoms with E-state index in [1.165, 1.54) is 11.1 Å². The molecule has 0 bridgehead atoms. The molecule has 2 aromatic heterocycles. The zero-order chi connectivity index (χ0) is 12.5. The van der Waals surface area contributed by atoms with Crippen molar-refractivity contribution in [1.29, 1.82) is 0 Å². The Labute approximate surface area is 114 Å². The number of hydrogen-bond donors (Lipinski definition) is 0. The summed E-state index contributed by atoms with van der Waals surface area (Å²) in [6.45, 7) is 2.08. The van der Waals surface area contributed by atoms with E-state index in [2.05, 4.69) is 41.2 Å². The van der Waals surface area contributed by atoms with Crippen LogP contribution in [0, 0.1) is 6.92 Å². The van der Waals surface area contributed by atoms with E-state index in [-0.39, 0.29) is 0 Å². The number of thiophene rings is 1. The molecule has 2 heterocycles. The predicted octanol–water partition coefficient (Wildman–Crippen LogP) is 4.24. The molecule has 0 saturated carbocycles. The molecule has 1 aromatic carbocycles. The van der Waals surface area contributed by atoms with Crippen LogP contribution in [-0.2, 0) is 6.42 Å². The molecule has 0 N–H and O–H groups in total. The molecule has 0 radical (unpaired) electrons. The maximum Gasteiger partial charge on any atom is 0.141 e. The largest absolute Gasteiger partial charge is 0.222 e. The fraction of sp³-hybridized carbons (Fsp3) is 0.143. The Kier molecular flexibility index (Phi) is 3.02. The fourth-order valence-corrected chi connectivity index (χ4v) is 2.92. The van der Waals surface area contributed by atoms with E-state index in [1.54, 1.807) is 11.3 Å². The topological polar surface area (TPSA) is 25.8 Å². The Bertz CT molecular complexity index is 689. The highest BCUT2D eigenvalue weighted by atomic mass is 35.5. The highest BCUT2D eigenvalue weighted by Crippen LogP contribution is 2.25. The predicted molar refractivity (Wildman–Crippen MR) is 76.4 cm³/mol. The average molecular weight is 275 g/mol. The van der Waals surface area contributed by atoms with E-state index in [9.17, 15) is 0 Å². The lowest BCUT2D eigenvalue weighted by atomic mass is 10.1. The molecule has 3 aromatic rings. The van der Waals surface area contributed by atoms with Gasteiger partial charge in [0.05, 0.1) is 0 Å². The van der Waals surface area contributed by atoms with E-state index in [0.29, 0.717) is 11.6 Å². The summed E-state index contributed by atoms with van der Waals surface area (Å²) in [7, 11) is 0. The molecular formula is C14H11ClN2S. The smallest absolute Gasteiger partial charge is 0.141 e. The number of benzene rings is 1. The lowest BCUT2D eigenvalue weighted by Crippen LogP contribution is -1.96. The third kappa shape index (κ3) is 2.24. The van der Waals surface area contributed by atoms with E-state index < -0.39 is 0 Å². The quantitative estimate of drug-likeness (QED) is 0.653. The van der Waals surface area contributed by atoms with Gasteiger partial charge in [-0.3, -0.25) is 0 Å². The summed E-state index contributed by atoms with van der Waals surface area (Å²) in [5.74, 6) is 0.777. The lowest BCUT2D eigenvalue weighted by Gasteiger charge is -2.02. The summed E-state index contributed by atoms with van der Waals surface area (Å²) < 4.78 is 0. The van der Waals surface area contributed by atoms with Crippen molar-refractivity contribution >= 4 is 33.2 Å². The summed E-state index contributed by atoms with van der Waals surface area (Å²) in [6.07, 6.45) is 0.716. The summed E-state index contributed by atoms with van der Waals surface area (Å²) in [5.41, 5.74) is 2.46. The maximum atomic E-state index is 6.15. The molecule has 0 atom stereocenters. The third-order valence-electron chi connectivity index (χ3n) is 2.81. The minimum atomic E-state index is 0.545. The van der Waals surface area contributed by atoms with Gasteiger partial charge < -0.3 is 0 Å². The first kappa shape index (κ1) is 11.6. The van der Waals surface area contributed by atoms with Gasteiger partial charge in [0.15, 0.2) is 0 Å². The molecule has 0 fully saturated rings. The van der Waals surface area contributed by atoms with Crippen molar-refractivity contribution in [3.63, 3.8) is 0 Å². The summed E-state index contributed by atoms with van der Waals surface area (Å²) in [4.78, 5) is 9.84. The molecule has 0 aliphatic heterocycles. The van der Waals surface area contributed by atoms with Gasteiger partial charge in [-0.05, 0) is 23.9 Å². The van der Waals surface area contributed by atoms with E-state index in [4.69, 9.17) is 11.6 Å². The van der Waals surface area contributed by atoms with Crippen LogP contribution in [0.1, 0.15) is 17.0 Å². The van der Waals surface area contributed by atoms with Crippen LogP contribution in [-0.4, -0.2) is 9.97 Å². The Morgan fingerprint density at radius 1 is 1.11 bits per heavy atom. The molecule has 0 amide bonds. The lowest BCUT2D eigenvalue weighted by molar-refractivity contribution is 0.996. The number of nitrogens with zero attached hydrogens (tertiary/aromatic N) is 2. The zero-order valence-electron chi connectivity index (χ0n) is 9.85. The first-order chi connectivity index (χ1) is 8.72. The monoisotopic (exact) mass is 274 g/mol. The minimum Gasteiger partial charge on any atom is -0.222 e. The molecule has 2 nitrogen and oxygen atoms in total. The molecule has 0 aliphatic rings. The van der Waals surface area contributed by atoms with Crippen LogP contribution in [0.3, 0.4) is 0 Å². The van der Waals surface area contributed by atoms with Gasteiger partial charge in [0.25, 0.3) is 0 Å². The fourth-order valence-electron chi connectivity index (χ4n) is 1.83. The van der Waals surface area contributed by atoms with Crippen LogP contribution >= 0.6 is 22.9 Å². The van der Waals surface area contributed by atoms with Gasteiger partial charge in [-0.2, -0.15) is 0 Å². The Hall–Kier alpha value is -1.45. The van der Waals surface area contributed by atoms with Gasteiger partial charge in [-0.25, -0.2) is 9.97 Å². The number of aryl methyl sites for hydroxylation is 1. The van der Waals surface area contributed by atoms with Crippen LogP contribution in [0.5, 0.6) is 0 Å². The normalized spacial score (nSPS) is 11.0. The van der Waals surface area contributed by atoms with Crippen LogP contribution in [0.4, 0.5) is 0 Å². The number of aromatic nitrogens is 2. The van der Waals surface area contributed by atoms with Crippen molar-refractivity contribution in [3.8, 4) is 0 Å². The van der Waals surface area contributed by atoms with Gasteiger partial charge in [0.2, 0.25) is 0 Å². The van der Waals surface area contributed by atoms with E-state index in [1.807, 2.05) is 11.4 Å². The summed E-state index contributed by atoms with van der Waals surface area (Å²) in [5, 5.41) is 3.47. The SMILES string of the molecule is Cc1ccc(Cc2nc(Cl)c3ccsc3n2)cc1. The second kappa shape index (κ2) is 4.67. The molecule has 0 aliphatic carbocycles. The maximum absolute atomic E-state index is 6.15.